The minimum atomic E-state index is 0.175. The van der Waals surface area contributed by atoms with E-state index in [0.29, 0.717) is 34.3 Å². The first-order chi connectivity index (χ1) is 10.2. The smallest absolute Gasteiger partial charge is 0.180 e. The Balaban J connectivity index is 2.26. The summed E-state index contributed by atoms with van der Waals surface area (Å²) >= 11 is 6.19. The molecule has 0 saturated carbocycles. The van der Waals surface area contributed by atoms with Gasteiger partial charge in [0.1, 0.15) is 18.4 Å². The molecule has 0 fully saturated rings. The molecule has 0 atom stereocenters. The first-order valence-corrected chi connectivity index (χ1v) is 6.60. The number of hydrogen-bond acceptors (Lipinski definition) is 5. The highest BCUT2D eigenvalue weighted by atomic mass is 35.5. The van der Waals surface area contributed by atoms with Gasteiger partial charge in [-0.05, 0) is 23.8 Å². The minimum Gasteiger partial charge on any atom is -0.493 e. The number of pyridine rings is 1. The third-order valence-electron chi connectivity index (χ3n) is 2.89. The summed E-state index contributed by atoms with van der Waals surface area (Å²) in [5.74, 6) is 0.925. The highest BCUT2D eigenvalue weighted by Crippen LogP contribution is 2.36. The van der Waals surface area contributed by atoms with Gasteiger partial charge in [0.25, 0.3) is 0 Å². The van der Waals surface area contributed by atoms with E-state index in [0.717, 1.165) is 5.56 Å². The van der Waals surface area contributed by atoms with Crippen molar-refractivity contribution in [2.45, 2.75) is 13.2 Å². The Morgan fingerprint density at radius 1 is 1.43 bits per heavy atom. The van der Waals surface area contributed by atoms with Gasteiger partial charge in [-0.1, -0.05) is 17.7 Å². The van der Waals surface area contributed by atoms with E-state index in [2.05, 4.69) is 4.98 Å². The number of benzene rings is 1. The molecule has 2 rings (SSSR count). The van der Waals surface area contributed by atoms with Crippen molar-refractivity contribution in [2.24, 2.45) is 5.73 Å². The molecular weight excluding hydrogens is 290 g/mol. The van der Waals surface area contributed by atoms with E-state index >= 15 is 0 Å². The molecule has 0 amide bonds. The molecule has 5 nitrogen and oxygen atoms in total. The Kier molecular flexibility index (Phi) is 4.99. The summed E-state index contributed by atoms with van der Waals surface area (Å²) in [7, 11) is 1.53. The Morgan fingerprint density at radius 2 is 2.24 bits per heavy atom. The van der Waals surface area contributed by atoms with Crippen molar-refractivity contribution in [3.63, 3.8) is 0 Å². The Labute approximate surface area is 127 Å². The predicted molar refractivity (Wildman–Crippen MR) is 79.2 cm³/mol. The Hall–Kier alpha value is -2.29. The maximum absolute atomic E-state index is 9.01. The third-order valence-corrected chi connectivity index (χ3v) is 3.17. The maximum atomic E-state index is 9.01. The molecule has 2 aromatic rings. The summed E-state index contributed by atoms with van der Waals surface area (Å²) < 4.78 is 11.0. The molecule has 1 heterocycles. The monoisotopic (exact) mass is 303 g/mol. The van der Waals surface area contributed by atoms with Crippen LogP contribution in [0.1, 0.15) is 16.8 Å². The van der Waals surface area contributed by atoms with Crippen LogP contribution in [0.15, 0.2) is 30.5 Å². The third kappa shape index (κ3) is 3.43. The van der Waals surface area contributed by atoms with Crippen LogP contribution in [-0.4, -0.2) is 12.1 Å². The second-order valence-electron chi connectivity index (χ2n) is 4.22. The minimum absolute atomic E-state index is 0.175. The lowest BCUT2D eigenvalue weighted by atomic mass is 10.2. The zero-order valence-electron chi connectivity index (χ0n) is 11.5. The van der Waals surface area contributed by atoms with Crippen LogP contribution in [0.3, 0.4) is 0 Å². The van der Waals surface area contributed by atoms with Gasteiger partial charge in [-0.25, -0.2) is 4.98 Å². The first-order valence-electron chi connectivity index (χ1n) is 6.22. The molecule has 0 bridgehead atoms. The van der Waals surface area contributed by atoms with Crippen LogP contribution in [0.5, 0.6) is 11.5 Å². The van der Waals surface area contributed by atoms with Gasteiger partial charge in [0.05, 0.1) is 12.1 Å². The lowest BCUT2D eigenvalue weighted by Crippen LogP contribution is -2.03. The molecular formula is C15H14ClN3O2. The molecule has 0 spiro atoms. The van der Waals surface area contributed by atoms with E-state index in [1.54, 1.807) is 30.5 Å². The predicted octanol–water partition coefficient (Wildman–Crippen LogP) is 2.65. The van der Waals surface area contributed by atoms with Crippen molar-refractivity contribution in [3.8, 4) is 17.6 Å². The molecule has 1 aromatic heterocycles. The van der Waals surface area contributed by atoms with Gasteiger partial charge in [0.15, 0.2) is 11.5 Å². The fourth-order valence-corrected chi connectivity index (χ4v) is 2.12. The lowest BCUT2D eigenvalue weighted by molar-refractivity contribution is 0.284. The molecule has 108 valence electrons. The van der Waals surface area contributed by atoms with E-state index < -0.39 is 0 Å². The molecule has 0 aliphatic carbocycles. The molecule has 21 heavy (non-hydrogen) atoms. The van der Waals surface area contributed by atoms with Gasteiger partial charge in [0, 0.05) is 18.3 Å². The number of methoxy groups -OCH3 is 1. The number of nitrogens with zero attached hydrogens (tertiary/aromatic N) is 2. The lowest BCUT2D eigenvalue weighted by Gasteiger charge is -2.14. The normalized spacial score (nSPS) is 10.0. The number of rotatable bonds is 5. The molecule has 0 aliphatic heterocycles. The maximum Gasteiger partial charge on any atom is 0.180 e. The van der Waals surface area contributed by atoms with Gasteiger partial charge in [0.2, 0.25) is 0 Å². The van der Waals surface area contributed by atoms with E-state index in [1.165, 1.54) is 7.11 Å². The molecule has 6 heteroatoms. The van der Waals surface area contributed by atoms with E-state index in [4.69, 9.17) is 32.1 Å². The van der Waals surface area contributed by atoms with Crippen LogP contribution < -0.4 is 15.2 Å². The van der Waals surface area contributed by atoms with Crippen molar-refractivity contribution in [1.82, 2.24) is 4.98 Å². The average Bonchev–Trinajstić information content (AvgIpc) is 2.53. The number of hydrogen-bond donors (Lipinski definition) is 1. The summed E-state index contributed by atoms with van der Waals surface area (Å²) in [5, 5.41) is 9.42. The summed E-state index contributed by atoms with van der Waals surface area (Å²) in [5.41, 5.74) is 7.45. The van der Waals surface area contributed by atoms with Crippen molar-refractivity contribution < 1.29 is 9.47 Å². The number of nitriles is 1. The van der Waals surface area contributed by atoms with E-state index in [1.807, 2.05) is 6.07 Å². The van der Waals surface area contributed by atoms with Crippen LogP contribution >= 0.6 is 11.6 Å². The van der Waals surface area contributed by atoms with Crippen molar-refractivity contribution in [3.05, 3.63) is 52.3 Å². The van der Waals surface area contributed by atoms with Gasteiger partial charge in [-0.2, -0.15) is 5.26 Å². The van der Waals surface area contributed by atoms with E-state index in [9.17, 15) is 0 Å². The topological polar surface area (TPSA) is 81.2 Å². The number of nitrogens with two attached hydrogens (primary N) is 1. The van der Waals surface area contributed by atoms with Crippen LogP contribution in [0.2, 0.25) is 5.02 Å². The fourth-order valence-electron chi connectivity index (χ4n) is 1.84. The SMILES string of the molecule is COc1cc(CN)cc(Cl)c1OCc1cccnc1C#N. The fraction of sp³-hybridized carbons (Fsp3) is 0.200. The molecule has 2 N–H and O–H groups in total. The molecule has 1 aromatic carbocycles. The van der Waals surface area contributed by atoms with Gasteiger partial charge >= 0.3 is 0 Å². The zero-order chi connectivity index (χ0) is 15.2. The molecule has 0 radical (unpaired) electrons. The van der Waals surface area contributed by atoms with Crippen LogP contribution in [0.4, 0.5) is 0 Å². The van der Waals surface area contributed by atoms with Crippen LogP contribution in [0, 0.1) is 11.3 Å². The van der Waals surface area contributed by atoms with Gasteiger partial charge in [-0.3, -0.25) is 0 Å². The van der Waals surface area contributed by atoms with Crippen LogP contribution in [-0.2, 0) is 13.2 Å². The van der Waals surface area contributed by atoms with Crippen molar-refractivity contribution >= 4 is 11.6 Å². The largest absolute Gasteiger partial charge is 0.493 e. The van der Waals surface area contributed by atoms with Crippen LogP contribution in [0.25, 0.3) is 0 Å². The zero-order valence-corrected chi connectivity index (χ0v) is 12.2. The number of aromatic nitrogens is 1. The standard InChI is InChI=1S/C15H14ClN3O2/c1-20-14-6-10(7-17)5-12(16)15(14)21-9-11-3-2-4-19-13(11)8-18/h2-6H,7,9,17H2,1H3. The summed E-state index contributed by atoms with van der Waals surface area (Å²) in [6.45, 7) is 0.534. The molecule has 0 aliphatic rings. The van der Waals surface area contributed by atoms with Gasteiger partial charge in [-0.15, -0.1) is 0 Å². The first kappa shape index (κ1) is 15.1. The van der Waals surface area contributed by atoms with Crippen molar-refractivity contribution in [1.29, 1.82) is 5.26 Å². The summed E-state index contributed by atoms with van der Waals surface area (Å²) in [4.78, 5) is 3.98. The van der Waals surface area contributed by atoms with Gasteiger partial charge < -0.3 is 15.2 Å². The quantitative estimate of drug-likeness (QED) is 0.918. The van der Waals surface area contributed by atoms with E-state index in [-0.39, 0.29) is 6.61 Å². The average molecular weight is 304 g/mol. The molecule has 0 unspecified atom stereocenters. The molecule has 0 saturated heterocycles. The Bertz CT molecular complexity index is 683. The second kappa shape index (κ2) is 6.93. The second-order valence-corrected chi connectivity index (χ2v) is 4.63. The summed E-state index contributed by atoms with van der Waals surface area (Å²) in [6.07, 6.45) is 1.56. The highest BCUT2D eigenvalue weighted by Gasteiger charge is 2.13. The van der Waals surface area contributed by atoms with Crippen molar-refractivity contribution in [2.75, 3.05) is 7.11 Å². The summed E-state index contributed by atoms with van der Waals surface area (Å²) in [6, 6.07) is 9.05. The Morgan fingerprint density at radius 3 is 2.90 bits per heavy atom. The number of halogens is 1. The number of ether oxygens (including phenoxy) is 2. The highest BCUT2D eigenvalue weighted by molar-refractivity contribution is 6.32.